The lowest BCUT2D eigenvalue weighted by molar-refractivity contribution is -0.384. The van der Waals surface area contributed by atoms with E-state index in [4.69, 9.17) is 9.78 Å². The molecule has 5 unspecified atom stereocenters. The number of aliphatic hydroxyl groups excluding tert-OH is 1. The minimum atomic E-state index is -1.04. The molecule has 0 radical (unpaired) electrons. The van der Waals surface area contributed by atoms with Crippen molar-refractivity contribution in [3.8, 4) is 0 Å². The summed E-state index contributed by atoms with van der Waals surface area (Å²) >= 11 is 0. The Hall–Kier alpha value is -0.910. The highest BCUT2D eigenvalue weighted by atomic mass is 17.2. The fourth-order valence-corrected chi connectivity index (χ4v) is 4.19. The number of hydrogen-bond donors (Lipinski definition) is 2. The fourth-order valence-electron chi connectivity index (χ4n) is 4.19. The van der Waals surface area contributed by atoms with Crippen LogP contribution in [0.15, 0.2) is 11.6 Å². The van der Waals surface area contributed by atoms with Crippen molar-refractivity contribution in [3.05, 3.63) is 11.6 Å². The smallest absolute Gasteiger partial charge is 0.313 e. The summed E-state index contributed by atoms with van der Waals surface area (Å²) in [7, 11) is 0. The number of carbonyl (C=O) groups is 1. The van der Waals surface area contributed by atoms with E-state index in [-0.39, 0.29) is 17.8 Å². The third-order valence-electron chi connectivity index (χ3n) is 5.58. The maximum absolute atomic E-state index is 11.9. The van der Waals surface area contributed by atoms with Crippen LogP contribution < -0.4 is 0 Å². The average Bonchev–Trinajstić information content (AvgIpc) is 2.41. The van der Waals surface area contributed by atoms with Crippen LogP contribution in [-0.2, 0) is 14.6 Å². The topological polar surface area (TPSA) is 76.0 Å². The van der Waals surface area contributed by atoms with Gasteiger partial charge in [0.15, 0.2) is 0 Å². The minimum absolute atomic E-state index is 0.193. The molecule has 0 aromatic rings. The highest BCUT2D eigenvalue weighted by molar-refractivity contribution is 5.79. The predicted molar refractivity (Wildman–Crippen MR) is 70.7 cm³/mol. The number of aliphatic hydroxyl groups is 1. The zero-order valence-corrected chi connectivity index (χ0v) is 12.1. The monoisotopic (exact) mass is 282 g/mol. The van der Waals surface area contributed by atoms with Crippen molar-refractivity contribution >= 4 is 5.97 Å². The molecule has 2 bridgehead atoms. The lowest BCUT2D eigenvalue weighted by atomic mass is 9.44. The van der Waals surface area contributed by atoms with Crippen molar-refractivity contribution in [1.82, 2.24) is 0 Å². The Labute approximate surface area is 118 Å². The third-order valence-corrected chi connectivity index (χ3v) is 5.58. The number of allylic oxidation sites excluding steroid dienone is 1. The number of hydrogen-bond acceptors (Lipinski definition) is 4. The zero-order chi connectivity index (χ0) is 14.7. The van der Waals surface area contributed by atoms with E-state index < -0.39 is 29.7 Å². The Morgan fingerprint density at radius 2 is 2.10 bits per heavy atom. The van der Waals surface area contributed by atoms with Crippen molar-refractivity contribution in [3.63, 3.8) is 0 Å². The van der Waals surface area contributed by atoms with Crippen molar-refractivity contribution in [2.75, 3.05) is 0 Å². The van der Waals surface area contributed by atoms with Crippen LogP contribution in [-0.4, -0.2) is 34.5 Å². The Bertz CT molecular complexity index is 471. The van der Waals surface area contributed by atoms with Gasteiger partial charge in [-0.1, -0.05) is 26.8 Å². The lowest BCUT2D eigenvalue weighted by Crippen LogP contribution is -2.65. The fraction of sp³-hybridized carbons (Fsp3) is 0.800. The van der Waals surface area contributed by atoms with E-state index in [1.165, 1.54) is 0 Å². The Morgan fingerprint density at radius 3 is 2.70 bits per heavy atom. The van der Waals surface area contributed by atoms with Gasteiger partial charge in [0, 0.05) is 0 Å². The lowest BCUT2D eigenvalue weighted by Gasteiger charge is -2.58. The second kappa shape index (κ2) is 4.29. The molecule has 1 aliphatic heterocycles. The molecule has 2 aliphatic carbocycles. The molecule has 112 valence electrons. The van der Waals surface area contributed by atoms with Crippen LogP contribution in [0.1, 0.15) is 40.0 Å². The van der Waals surface area contributed by atoms with Gasteiger partial charge in [-0.3, -0.25) is 4.79 Å². The molecular weight excluding hydrogens is 260 g/mol. The number of aliphatic carboxylic acids is 1. The van der Waals surface area contributed by atoms with Crippen molar-refractivity contribution in [2.24, 2.45) is 16.7 Å². The molecule has 5 heteroatoms. The van der Waals surface area contributed by atoms with Crippen molar-refractivity contribution < 1.29 is 24.8 Å². The summed E-state index contributed by atoms with van der Waals surface area (Å²) in [5, 5.41) is 20.2. The maximum Gasteiger partial charge on any atom is 0.313 e. The molecule has 1 heterocycles. The molecule has 1 saturated heterocycles. The van der Waals surface area contributed by atoms with Gasteiger partial charge in [-0.05, 0) is 36.2 Å². The summed E-state index contributed by atoms with van der Waals surface area (Å²) in [6, 6.07) is 0. The van der Waals surface area contributed by atoms with Gasteiger partial charge < -0.3 is 10.2 Å². The van der Waals surface area contributed by atoms with E-state index >= 15 is 0 Å². The molecule has 5 nitrogen and oxygen atoms in total. The van der Waals surface area contributed by atoms with Crippen LogP contribution in [0.5, 0.6) is 0 Å². The molecule has 0 spiro atoms. The van der Waals surface area contributed by atoms with E-state index in [0.29, 0.717) is 12.8 Å². The molecule has 0 aromatic carbocycles. The number of carboxylic acid groups (broad SMARTS) is 1. The molecule has 2 fully saturated rings. The molecule has 3 rings (SSSR count). The van der Waals surface area contributed by atoms with Crippen LogP contribution in [0.4, 0.5) is 0 Å². The van der Waals surface area contributed by atoms with Crippen molar-refractivity contribution in [2.45, 2.75) is 58.3 Å². The van der Waals surface area contributed by atoms with Gasteiger partial charge in [0.25, 0.3) is 0 Å². The van der Waals surface area contributed by atoms with Crippen LogP contribution in [0.3, 0.4) is 0 Å². The van der Waals surface area contributed by atoms with Crippen LogP contribution in [0.2, 0.25) is 0 Å². The van der Waals surface area contributed by atoms with Crippen LogP contribution in [0, 0.1) is 16.7 Å². The van der Waals surface area contributed by atoms with Gasteiger partial charge in [0.05, 0.1) is 6.10 Å². The number of carboxylic acids is 1. The van der Waals surface area contributed by atoms with E-state index in [1.807, 2.05) is 20.8 Å². The third kappa shape index (κ3) is 1.57. The van der Waals surface area contributed by atoms with E-state index in [0.717, 1.165) is 5.57 Å². The normalized spacial score (nSPS) is 49.6. The van der Waals surface area contributed by atoms with Crippen molar-refractivity contribution in [1.29, 1.82) is 0 Å². The first kappa shape index (κ1) is 14.0. The summed E-state index contributed by atoms with van der Waals surface area (Å²) in [6.45, 7) is 6.07. The molecular formula is C15H22O5. The molecule has 0 amide bonds. The molecule has 3 aliphatic rings. The number of fused-ring (bicyclic) bond motifs is 2. The predicted octanol–water partition coefficient (Wildman–Crippen LogP) is 1.90. The second-order valence-electron chi connectivity index (χ2n) is 6.98. The zero-order valence-electron chi connectivity index (χ0n) is 12.1. The summed E-state index contributed by atoms with van der Waals surface area (Å²) < 4.78 is 0. The molecule has 0 aromatic heterocycles. The first-order valence-corrected chi connectivity index (χ1v) is 7.25. The largest absolute Gasteiger partial charge is 0.481 e. The highest BCUT2D eigenvalue weighted by Crippen LogP contribution is 2.65. The van der Waals surface area contributed by atoms with E-state index in [9.17, 15) is 15.0 Å². The first-order chi connectivity index (χ1) is 9.32. The van der Waals surface area contributed by atoms with E-state index in [1.54, 1.807) is 0 Å². The second-order valence-corrected chi connectivity index (χ2v) is 6.98. The van der Waals surface area contributed by atoms with Gasteiger partial charge >= 0.3 is 5.97 Å². The summed E-state index contributed by atoms with van der Waals surface area (Å²) in [5.41, 5.74) is -0.422. The molecule has 1 saturated carbocycles. The summed E-state index contributed by atoms with van der Waals surface area (Å²) in [4.78, 5) is 22.7. The molecule has 2 N–H and O–H groups in total. The van der Waals surface area contributed by atoms with Crippen LogP contribution in [0.25, 0.3) is 0 Å². The Balaban J connectivity index is 2.10. The number of rotatable bonds is 2. The van der Waals surface area contributed by atoms with Gasteiger partial charge in [-0.25, -0.2) is 9.78 Å². The average molecular weight is 282 g/mol. The standard InChI is InChI=1S/C15H22O5/c1-8(2)9-4-5-14(3)7-11-15(14,13(17)18)6-10(16)12(9)20-19-11/h4,8,10-12,16H,5-7H2,1-3H3,(H,17,18)/b9-4-. The molecule has 20 heavy (non-hydrogen) atoms. The first-order valence-electron chi connectivity index (χ1n) is 7.25. The molecule has 5 atom stereocenters. The SMILES string of the molecule is CC(C)/C1=C/CC2(C)CC3OOC1C(O)CC32C(=O)O. The maximum atomic E-state index is 11.9. The highest BCUT2D eigenvalue weighted by Gasteiger charge is 2.71. The van der Waals surface area contributed by atoms with Crippen LogP contribution >= 0.6 is 0 Å². The minimum Gasteiger partial charge on any atom is -0.481 e. The van der Waals surface area contributed by atoms with Gasteiger partial charge in [-0.15, -0.1) is 0 Å². The quantitative estimate of drug-likeness (QED) is 0.597. The van der Waals surface area contributed by atoms with E-state index in [2.05, 4.69) is 6.08 Å². The van der Waals surface area contributed by atoms with Gasteiger partial charge in [0.2, 0.25) is 0 Å². The Morgan fingerprint density at radius 1 is 1.40 bits per heavy atom. The summed E-state index contributed by atoms with van der Waals surface area (Å²) in [6.07, 6.45) is 1.73. The van der Waals surface area contributed by atoms with Gasteiger partial charge in [-0.2, -0.15) is 0 Å². The van der Waals surface area contributed by atoms with Gasteiger partial charge in [0.1, 0.15) is 17.6 Å². The summed E-state index contributed by atoms with van der Waals surface area (Å²) in [5.74, 6) is -0.657. The Kier molecular flexibility index (Phi) is 3.01.